The van der Waals surface area contributed by atoms with Crippen LogP contribution in [-0.2, 0) is 30.3 Å². The standard InChI is InChI=1S/C26H39NO8/c1-16(2)27-26(23(31)32,35-17(3)28)13-18-10-11-19(33-21(29)14-24(4,5)6)20(12-18)34-22(30)15-25(7,8)9/h10-12,16,27H,13-15H2,1-9H3,(H,31,32)/t26-/m0/s1. The van der Waals surface area contributed by atoms with Crippen molar-refractivity contribution in [3.63, 3.8) is 0 Å². The van der Waals surface area contributed by atoms with Gasteiger partial charge >= 0.3 is 23.9 Å². The fourth-order valence-corrected chi connectivity index (χ4v) is 3.31. The summed E-state index contributed by atoms with van der Waals surface area (Å²) in [7, 11) is 0. The zero-order valence-electron chi connectivity index (χ0n) is 22.2. The molecule has 9 heteroatoms. The predicted molar refractivity (Wildman–Crippen MR) is 130 cm³/mol. The minimum absolute atomic E-state index is 0.0225. The monoisotopic (exact) mass is 493 g/mol. The average molecular weight is 494 g/mol. The zero-order valence-corrected chi connectivity index (χ0v) is 22.2. The first-order valence-corrected chi connectivity index (χ1v) is 11.6. The van der Waals surface area contributed by atoms with Crippen molar-refractivity contribution in [1.29, 1.82) is 0 Å². The van der Waals surface area contributed by atoms with Crippen LogP contribution in [0.4, 0.5) is 0 Å². The molecule has 1 rings (SSSR count). The van der Waals surface area contributed by atoms with Crippen LogP contribution in [0.3, 0.4) is 0 Å². The molecule has 35 heavy (non-hydrogen) atoms. The van der Waals surface area contributed by atoms with Crippen molar-refractivity contribution >= 4 is 23.9 Å². The van der Waals surface area contributed by atoms with E-state index in [0.717, 1.165) is 6.92 Å². The summed E-state index contributed by atoms with van der Waals surface area (Å²) < 4.78 is 16.2. The fraction of sp³-hybridized carbons (Fsp3) is 0.615. The van der Waals surface area contributed by atoms with Crippen molar-refractivity contribution in [3.8, 4) is 11.5 Å². The summed E-state index contributed by atoms with van der Waals surface area (Å²) >= 11 is 0. The molecule has 9 nitrogen and oxygen atoms in total. The largest absolute Gasteiger partial charge is 0.477 e. The van der Waals surface area contributed by atoms with Gasteiger partial charge in [0.25, 0.3) is 5.72 Å². The molecule has 0 aliphatic rings. The van der Waals surface area contributed by atoms with Gasteiger partial charge < -0.3 is 19.3 Å². The number of carboxylic acids is 1. The van der Waals surface area contributed by atoms with Gasteiger partial charge in [0.2, 0.25) is 0 Å². The maximum absolute atomic E-state index is 12.6. The van der Waals surface area contributed by atoms with Crippen molar-refractivity contribution in [2.24, 2.45) is 10.8 Å². The highest BCUT2D eigenvalue weighted by atomic mass is 16.6. The number of aliphatic carboxylic acids is 1. The van der Waals surface area contributed by atoms with E-state index in [0.29, 0.717) is 5.56 Å². The molecule has 0 heterocycles. The smallest absolute Gasteiger partial charge is 0.364 e. The third-order valence-corrected chi connectivity index (χ3v) is 4.44. The van der Waals surface area contributed by atoms with Gasteiger partial charge in [-0.15, -0.1) is 0 Å². The van der Waals surface area contributed by atoms with Crippen LogP contribution < -0.4 is 14.8 Å². The second-order valence-electron chi connectivity index (χ2n) is 11.4. The molecular formula is C26H39NO8. The molecule has 0 fully saturated rings. The summed E-state index contributed by atoms with van der Waals surface area (Å²) in [5, 5.41) is 12.7. The van der Waals surface area contributed by atoms with Gasteiger partial charge in [-0.3, -0.25) is 19.7 Å². The number of esters is 3. The molecule has 1 aromatic carbocycles. The molecule has 2 N–H and O–H groups in total. The highest BCUT2D eigenvalue weighted by Gasteiger charge is 2.43. The highest BCUT2D eigenvalue weighted by molar-refractivity contribution is 5.81. The molecule has 1 atom stereocenters. The van der Waals surface area contributed by atoms with E-state index >= 15 is 0 Å². The minimum atomic E-state index is -2.04. The number of rotatable bonds is 10. The SMILES string of the molecule is CC(=O)O[C@](Cc1ccc(OC(=O)CC(C)(C)C)c(OC(=O)CC(C)(C)C)c1)(NC(C)C)C(=O)O. The molecule has 0 aliphatic carbocycles. The topological polar surface area (TPSA) is 128 Å². The summed E-state index contributed by atoms with van der Waals surface area (Å²) in [4.78, 5) is 48.9. The lowest BCUT2D eigenvalue weighted by atomic mass is 9.92. The number of hydrogen-bond donors (Lipinski definition) is 2. The summed E-state index contributed by atoms with van der Waals surface area (Å²) in [5.41, 5.74) is -2.31. The van der Waals surface area contributed by atoms with Crippen LogP contribution in [0.25, 0.3) is 0 Å². The summed E-state index contributed by atoms with van der Waals surface area (Å²) in [5.74, 6) is -3.17. The van der Waals surface area contributed by atoms with Crippen LogP contribution in [0.1, 0.15) is 80.7 Å². The molecule has 196 valence electrons. The molecule has 1 aromatic rings. The van der Waals surface area contributed by atoms with Gasteiger partial charge in [0.15, 0.2) is 11.5 Å². The molecule has 0 unspecified atom stereocenters. The Balaban J connectivity index is 3.42. The molecule has 0 amide bonds. The number of carboxylic acid groups (broad SMARTS) is 1. The normalized spacial score (nSPS) is 13.7. The van der Waals surface area contributed by atoms with Crippen molar-refractivity contribution < 1.29 is 38.5 Å². The summed E-state index contributed by atoms with van der Waals surface area (Å²) in [6, 6.07) is 4.06. The Morgan fingerprint density at radius 2 is 1.37 bits per heavy atom. The Kier molecular flexibility index (Phi) is 10.0. The van der Waals surface area contributed by atoms with Crippen LogP contribution in [0.15, 0.2) is 18.2 Å². The molecule has 0 saturated carbocycles. The van der Waals surface area contributed by atoms with E-state index in [1.54, 1.807) is 13.8 Å². The van der Waals surface area contributed by atoms with Gasteiger partial charge in [0.05, 0.1) is 12.8 Å². The average Bonchev–Trinajstić information content (AvgIpc) is 2.59. The van der Waals surface area contributed by atoms with Gasteiger partial charge in [-0.1, -0.05) is 47.6 Å². The Labute approximate surface area is 207 Å². The number of carbonyl (C=O) groups excluding carboxylic acids is 3. The van der Waals surface area contributed by atoms with Crippen LogP contribution in [-0.4, -0.2) is 40.8 Å². The maximum atomic E-state index is 12.6. The second kappa shape index (κ2) is 11.7. The van der Waals surface area contributed by atoms with E-state index in [-0.39, 0.29) is 47.6 Å². The maximum Gasteiger partial charge on any atom is 0.364 e. The van der Waals surface area contributed by atoms with Gasteiger partial charge in [0, 0.05) is 19.4 Å². The van der Waals surface area contributed by atoms with E-state index in [1.165, 1.54) is 18.2 Å². The van der Waals surface area contributed by atoms with E-state index in [9.17, 15) is 24.3 Å². The van der Waals surface area contributed by atoms with Crippen molar-refractivity contribution in [1.82, 2.24) is 5.32 Å². The molecular weight excluding hydrogens is 454 g/mol. The first kappa shape index (κ1) is 30.1. The lowest BCUT2D eigenvalue weighted by Crippen LogP contribution is -2.59. The Bertz CT molecular complexity index is 940. The summed E-state index contributed by atoms with van der Waals surface area (Å²) in [6.07, 6.45) is -0.0227. The number of ether oxygens (including phenoxy) is 3. The number of nitrogens with one attached hydrogen (secondary N) is 1. The number of benzene rings is 1. The van der Waals surface area contributed by atoms with Crippen LogP contribution in [0, 0.1) is 10.8 Å². The Hall–Kier alpha value is -2.94. The molecule has 0 spiro atoms. The summed E-state index contributed by atoms with van der Waals surface area (Å²) in [6.45, 7) is 15.9. The van der Waals surface area contributed by atoms with Crippen LogP contribution >= 0.6 is 0 Å². The Morgan fingerprint density at radius 1 is 0.886 bits per heavy atom. The van der Waals surface area contributed by atoms with Gasteiger partial charge in [-0.25, -0.2) is 4.79 Å². The minimum Gasteiger partial charge on any atom is -0.477 e. The highest BCUT2D eigenvalue weighted by Crippen LogP contribution is 2.33. The van der Waals surface area contributed by atoms with Crippen molar-refractivity contribution in [2.75, 3.05) is 0 Å². The number of hydrogen-bond acceptors (Lipinski definition) is 8. The van der Waals surface area contributed by atoms with Gasteiger partial charge in [0.1, 0.15) is 0 Å². The first-order chi connectivity index (χ1) is 15.8. The van der Waals surface area contributed by atoms with Crippen molar-refractivity contribution in [2.45, 2.75) is 93.3 Å². The lowest BCUT2D eigenvalue weighted by Gasteiger charge is -2.32. The van der Waals surface area contributed by atoms with Crippen LogP contribution in [0.5, 0.6) is 11.5 Å². The molecule has 0 aromatic heterocycles. The van der Waals surface area contributed by atoms with Crippen LogP contribution in [0.2, 0.25) is 0 Å². The molecule has 0 bridgehead atoms. The van der Waals surface area contributed by atoms with E-state index in [1.807, 2.05) is 41.5 Å². The third-order valence-electron chi connectivity index (χ3n) is 4.44. The Morgan fingerprint density at radius 3 is 1.77 bits per heavy atom. The molecule has 0 radical (unpaired) electrons. The fourth-order valence-electron chi connectivity index (χ4n) is 3.31. The number of carbonyl (C=O) groups is 4. The zero-order chi connectivity index (χ0) is 27.2. The van der Waals surface area contributed by atoms with E-state index in [2.05, 4.69) is 5.32 Å². The van der Waals surface area contributed by atoms with Gasteiger partial charge in [-0.2, -0.15) is 0 Å². The molecule has 0 saturated heterocycles. The van der Waals surface area contributed by atoms with E-state index < -0.39 is 29.6 Å². The van der Waals surface area contributed by atoms with E-state index in [4.69, 9.17) is 14.2 Å². The first-order valence-electron chi connectivity index (χ1n) is 11.6. The lowest BCUT2D eigenvalue weighted by molar-refractivity contribution is -0.182. The van der Waals surface area contributed by atoms with Crippen molar-refractivity contribution in [3.05, 3.63) is 23.8 Å². The molecule has 0 aliphatic heterocycles. The quantitative estimate of drug-likeness (QED) is 0.279. The second-order valence-corrected chi connectivity index (χ2v) is 11.4. The third kappa shape index (κ3) is 10.9. The van der Waals surface area contributed by atoms with Gasteiger partial charge in [-0.05, 0) is 42.4 Å². The predicted octanol–water partition coefficient (Wildman–Crippen LogP) is 4.25.